The lowest BCUT2D eigenvalue weighted by Crippen LogP contribution is -2.64. The number of aliphatic hydroxyl groups excluding tert-OH is 1. The maximum Gasteiger partial charge on any atom is 0.242 e. The third-order valence-electron chi connectivity index (χ3n) is 15.1. The SMILES string of the molecule is CCC1(O)CN2CCC1C[C@@H]2[C@@H](Oc1nnc(O[C@H](c2ccnc3ccc(CO)cc23)[C@@H](C)N2CC[C@@H]3C2CC3(O)CC)c2ccccc12)c1ccnc2ccc(OC)cc12. The van der Waals surface area contributed by atoms with Crippen molar-refractivity contribution < 1.29 is 29.5 Å². The van der Waals surface area contributed by atoms with Gasteiger partial charge in [-0.25, -0.2) is 0 Å². The summed E-state index contributed by atoms with van der Waals surface area (Å²) in [6.45, 7) is 8.60. The van der Waals surface area contributed by atoms with Crippen LogP contribution in [0.1, 0.15) is 88.2 Å². The molecule has 5 fully saturated rings. The molecule has 1 aliphatic carbocycles. The molecule has 12 heteroatoms. The van der Waals surface area contributed by atoms with Crippen LogP contribution in [0.5, 0.6) is 17.5 Å². The van der Waals surface area contributed by atoms with Crippen LogP contribution in [-0.4, -0.2) is 101 Å². The fourth-order valence-electron chi connectivity index (χ4n) is 11.5. The third-order valence-corrected chi connectivity index (χ3v) is 15.1. The molecule has 12 nitrogen and oxygen atoms in total. The number of hydrogen-bond acceptors (Lipinski definition) is 12. The molecule has 1 saturated carbocycles. The van der Waals surface area contributed by atoms with Crippen molar-refractivity contribution in [2.45, 2.75) is 107 Å². The first-order chi connectivity index (χ1) is 29.6. The van der Waals surface area contributed by atoms with Gasteiger partial charge in [-0.15, -0.1) is 10.2 Å². The van der Waals surface area contributed by atoms with Crippen LogP contribution in [0.3, 0.4) is 0 Å². The van der Waals surface area contributed by atoms with Gasteiger partial charge in [-0.05, 0) is 125 Å². The summed E-state index contributed by atoms with van der Waals surface area (Å²) in [6, 6.07) is 23.9. The Hall–Kier alpha value is -4.98. The molecule has 4 saturated heterocycles. The van der Waals surface area contributed by atoms with Gasteiger partial charge < -0.3 is 29.5 Å². The molecule has 6 aromatic rings. The van der Waals surface area contributed by atoms with Crippen LogP contribution in [-0.2, 0) is 6.61 Å². The highest BCUT2D eigenvalue weighted by molar-refractivity contribution is 5.91. The first kappa shape index (κ1) is 40.1. The monoisotopic (exact) mass is 824 g/mol. The van der Waals surface area contributed by atoms with E-state index in [0.29, 0.717) is 24.7 Å². The lowest BCUT2D eigenvalue weighted by Gasteiger charge is -2.55. The smallest absolute Gasteiger partial charge is 0.242 e. The van der Waals surface area contributed by atoms with Gasteiger partial charge in [0.15, 0.2) is 0 Å². The molecule has 5 aliphatic rings. The van der Waals surface area contributed by atoms with E-state index in [9.17, 15) is 15.3 Å². The number of piperidine rings is 3. The summed E-state index contributed by atoms with van der Waals surface area (Å²) in [5, 5.41) is 46.3. The van der Waals surface area contributed by atoms with E-state index >= 15 is 0 Å². The number of likely N-dealkylation sites (tertiary alicyclic amines) is 1. The van der Waals surface area contributed by atoms with E-state index in [1.54, 1.807) is 7.11 Å². The Labute approximate surface area is 356 Å². The quantitative estimate of drug-likeness (QED) is 0.107. The number of ether oxygens (including phenoxy) is 3. The van der Waals surface area contributed by atoms with Gasteiger partial charge in [-0.3, -0.25) is 19.8 Å². The molecule has 2 bridgehead atoms. The largest absolute Gasteiger partial charge is 0.497 e. The van der Waals surface area contributed by atoms with E-state index in [1.165, 1.54) is 0 Å². The van der Waals surface area contributed by atoms with Gasteiger partial charge in [0.1, 0.15) is 18.0 Å². The molecule has 10 atom stereocenters. The van der Waals surface area contributed by atoms with Crippen molar-refractivity contribution in [3.63, 3.8) is 0 Å². The number of fused-ring (bicyclic) bond motifs is 7. The molecule has 3 aromatic heterocycles. The highest BCUT2D eigenvalue weighted by Crippen LogP contribution is 2.52. The maximum atomic E-state index is 11.7. The second-order valence-electron chi connectivity index (χ2n) is 17.9. The van der Waals surface area contributed by atoms with Crippen LogP contribution < -0.4 is 14.2 Å². The van der Waals surface area contributed by atoms with E-state index in [1.807, 2.05) is 85.2 Å². The van der Waals surface area contributed by atoms with Crippen LogP contribution in [0.2, 0.25) is 0 Å². The van der Waals surface area contributed by atoms with Gasteiger partial charge in [-0.2, -0.15) is 0 Å². The van der Waals surface area contributed by atoms with Crippen LogP contribution in [0.4, 0.5) is 0 Å². The summed E-state index contributed by atoms with van der Waals surface area (Å²) in [7, 11) is 1.67. The third kappa shape index (κ3) is 6.78. The van der Waals surface area contributed by atoms with Crippen molar-refractivity contribution in [2.75, 3.05) is 26.7 Å². The van der Waals surface area contributed by atoms with Gasteiger partial charge in [0, 0.05) is 58.8 Å². The zero-order valence-corrected chi connectivity index (χ0v) is 35.4. The number of hydrogen-bond donors (Lipinski definition) is 3. The molecule has 0 amide bonds. The molecule has 3 N–H and O–H groups in total. The lowest BCUT2D eigenvalue weighted by atomic mass is 9.64. The summed E-state index contributed by atoms with van der Waals surface area (Å²) in [5.41, 5.74) is 3.02. The lowest BCUT2D eigenvalue weighted by molar-refractivity contribution is -0.150. The molecule has 0 spiro atoms. The van der Waals surface area contributed by atoms with Gasteiger partial charge in [0.05, 0.1) is 52.8 Å². The molecule has 7 heterocycles. The van der Waals surface area contributed by atoms with Gasteiger partial charge in [0.2, 0.25) is 11.8 Å². The number of benzene rings is 3. The predicted octanol–water partition coefficient (Wildman–Crippen LogP) is 7.33. The molecule has 4 aliphatic heterocycles. The van der Waals surface area contributed by atoms with Crippen molar-refractivity contribution in [1.29, 1.82) is 0 Å². The van der Waals surface area contributed by atoms with E-state index in [0.717, 1.165) is 100 Å². The zero-order chi connectivity index (χ0) is 42.0. The van der Waals surface area contributed by atoms with E-state index in [4.69, 9.17) is 29.4 Å². The molecule has 11 rings (SSSR count). The second kappa shape index (κ2) is 15.7. The molecule has 61 heavy (non-hydrogen) atoms. The predicted molar refractivity (Wildman–Crippen MR) is 233 cm³/mol. The van der Waals surface area contributed by atoms with Crippen molar-refractivity contribution in [3.8, 4) is 17.5 Å². The molecular formula is C49H56N6O6. The van der Waals surface area contributed by atoms with Gasteiger partial charge in [0.25, 0.3) is 0 Å². The summed E-state index contributed by atoms with van der Waals surface area (Å²) in [5.74, 6) is 1.90. The first-order valence-corrected chi connectivity index (χ1v) is 22.1. The Bertz CT molecular complexity index is 2590. The number of aliphatic hydroxyl groups is 3. The molecular weight excluding hydrogens is 769 g/mol. The Balaban J connectivity index is 1.05. The maximum absolute atomic E-state index is 11.7. The highest BCUT2D eigenvalue weighted by atomic mass is 16.5. The number of aromatic nitrogens is 4. The number of rotatable bonds is 13. The number of nitrogens with zero attached hydrogens (tertiary/aromatic N) is 6. The highest BCUT2D eigenvalue weighted by Gasteiger charge is 2.58. The van der Waals surface area contributed by atoms with Gasteiger partial charge >= 0.3 is 0 Å². The number of methoxy groups -OCH3 is 1. The van der Waals surface area contributed by atoms with E-state index < -0.39 is 23.4 Å². The van der Waals surface area contributed by atoms with Crippen molar-refractivity contribution >= 4 is 32.6 Å². The van der Waals surface area contributed by atoms with Crippen molar-refractivity contribution in [3.05, 3.63) is 102 Å². The summed E-state index contributed by atoms with van der Waals surface area (Å²) < 4.78 is 20.1. The Morgan fingerprint density at radius 1 is 0.787 bits per heavy atom. The summed E-state index contributed by atoms with van der Waals surface area (Å²) >= 11 is 0. The first-order valence-electron chi connectivity index (χ1n) is 22.1. The van der Waals surface area contributed by atoms with Crippen LogP contribution in [0.15, 0.2) is 85.2 Å². The minimum absolute atomic E-state index is 0.0333. The molecule has 5 unspecified atom stereocenters. The van der Waals surface area contributed by atoms with E-state index in [2.05, 4.69) is 35.6 Å². The molecule has 0 radical (unpaired) electrons. The van der Waals surface area contributed by atoms with Crippen LogP contribution in [0, 0.1) is 11.8 Å². The minimum Gasteiger partial charge on any atom is -0.497 e. The topological polar surface area (TPSA) is 146 Å². The Kier molecular flexibility index (Phi) is 10.3. The van der Waals surface area contributed by atoms with Crippen LogP contribution >= 0.6 is 0 Å². The normalized spacial score (nSPS) is 28.7. The Morgan fingerprint density at radius 2 is 1.48 bits per heavy atom. The Morgan fingerprint density at radius 3 is 2.15 bits per heavy atom. The van der Waals surface area contributed by atoms with Crippen molar-refractivity contribution in [2.24, 2.45) is 11.8 Å². The second-order valence-corrected chi connectivity index (χ2v) is 17.9. The summed E-state index contributed by atoms with van der Waals surface area (Å²) in [4.78, 5) is 14.3. The van der Waals surface area contributed by atoms with Crippen LogP contribution in [0.25, 0.3) is 32.6 Å². The minimum atomic E-state index is -0.729. The fraction of sp³-hybridized carbons (Fsp3) is 0.469. The number of pyridine rings is 2. The molecule has 3 aromatic carbocycles. The average Bonchev–Trinajstić information content (AvgIpc) is 3.67. The average molecular weight is 825 g/mol. The summed E-state index contributed by atoms with van der Waals surface area (Å²) in [6.07, 6.45) is 7.55. The fourth-order valence-corrected chi connectivity index (χ4v) is 11.5. The standard InChI is InChI=1S/C49H56N6O6/c1-5-48(57)26-43-39(48)18-22-55(43)29(3)44(33-15-19-50-40-13-11-30(27-56)23-37(33)40)60-46-35-9-7-8-10-36(35)47(53-52-46)61-45(42-24-31-17-21-54(42)28-49(31,58)6-2)34-16-20-51-41-14-12-32(59-4)25-38(34)41/h7-16,19-20,23,25,29,31,39,42-45,56-58H,5-6,17-18,21-22,24,26-28H2,1-4H3/t29-,31?,39-,42-,43?,44+,45+,48?,49?/m1/s1. The zero-order valence-electron chi connectivity index (χ0n) is 35.4. The van der Waals surface area contributed by atoms with Crippen molar-refractivity contribution in [1.82, 2.24) is 30.0 Å². The van der Waals surface area contributed by atoms with Gasteiger partial charge in [-0.1, -0.05) is 32.0 Å². The molecule has 318 valence electrons. The van der Waals surface area contributed by atoms with E-state index in [-0.39, 0.29) is 36.6 Å².